The maximum Gasteiger partial charge on any atom is 0.0335 e. The van der Waals surface area contributed by atoms with Crippen LogP contribution in [0.15, 0.2) is 6.07 Å². The van der Waals surface area contributed by atoms with E-state index < -0.39 is 0 Å². The van der Waals surface area contributed by atoms with Gasteiger partial charge in [0.1, 0.15) is 0 Å². The Morgan fingerprint density at radius 1 is 1.35 bits per heavy atom. The fourth-order valence-corrected chi connectivity index (χ4v) is 4.46. The van der Waals surface area contributed by atoms with Crippen molar-refractivity contribution in [3.63, 3.8) is 0 Å². The summed E-state index contributed by atoms with van der Waals surface area (Å²) in [6.45, 7) is 16.2. The van der Waals surface area contributed by atoms with Crippen LogP contribution in [0.1, 0.15) is 55.5 Å². The van der Waals surface area contributed by atoms with Crippen molar-refractivity contribution >= 4 is 11.3 Å². The van der Waals surface area contributed by atoms with Crippen molar-refractivity contribution in [3.8, 4) is 0 Å². The zero-order chi connectivity index (χ0) is 14.9. The first-order valence-electron chi connectivity index (χ1n) is 8.00. The molecule has 1 N–H and O–H groups in total. The molecule has 1 aliphatic heterocycles. The summed E-state index contributed by atoms with van der Waals surface area (Å²) in [5, 5.41) is 3.72. The summed E-state index contributed by atoms with van der Waals surface area (Å²) in [6.07, 6.45) is 1.22. The summed E-state index contributed by atoms with van der Waals surface area (Å²) in [4.78, 5) is 5.67. The number of thiophene rings is 1. The second kappa shape index (κ2) is 6.59. The molecular weight excluding hydrogens is 264 g/mol. The molecule has 1 aromatic heterocycles. The Kier molecular flexibility index (Phi) is 5.27. The Morgan fingerprint density at radius 3 is 2.55 bits per heavy atom. The number of hydrogen-bond donors (Lipinski definition) is 1. The summed E-state index contributed by atoms with van der Waals surface area (Å²) >= 11 is 1.94. The molecule has 0 aliphatic carbocycles. The molecule has 3 heteroatoms. The minimum Gasteiger partial charge on any atom is -0.311 e. The molecule has 1 aromatic rings. The van der Waals surface area contributed by atoms with Gasteiger partial charge in [-0.3, -0.25) is 4.90 Å². The molecule has 0 aromatic carbocycles. The third kappa shape index (κ3) is 3.26. The highest BCUT2D eigenvalue weighted by Gasteiger charge is 2.33. The van der Waals surface area contributed by atoms with Crippen LogP contribution in [0.25, 0.3) is 0 Å². The van der Waals surface area contributed by atoms with Gasteiger partial charge in [0.2, 0.25) is 0 Å². The van der Waals surface area contributed by atoms with Gasteiger partial charge in [0.25, 0.3) is 0 Å². The fraction of sp³-hybridized carbons (Fsp3) is 0.765. The van der Waals surface area contributed by atoms with Gasteiger partial charge >= 0.3 is 0 Å². The molecule has 1 aliphatic rings. The summed E-state index contributed by atoms with van der Waals surface area (Å²) in [7, 11) is 0. The number of nitrogens with one attached hydrogen (secondary N) is 1. The highest BCUT2D eigenvalue weighted by Crippen LogP contribution is 2.33. The van der Waals surface area contributed by atoms with Gasteiger partial charge in [0.05, 0.1) is 0 Å². The van der Waals surface area contributed by atoms with Gasteiger partial charge in [0, 0.05) is 41.0 Å². The highest BCUT2D eigenvalue weighted by atomic mass is 32.1. The molecule has 0 radical (unpaired) electrons. The van der Waals surface area contributed by atoms with Crippen LogP contribution >= 0.6 is 11.3 Å². The van der Waals surface area contributed by atoms with E-state index in [0.717, 1.165) is 6.54 Å². The lowest BCUT2D eigenvalue weighted by atomic mass is 9.94. The molecule has 3 unspecified atom stereocenters. The fourth-order valence-electron chi connectivity index (χ4n) is 3.44. The molecule has 2 heterocycles. The molecular formula is C17H30N2S. The number of piperazine rings is 1. The second-order valence-corrected chi connectivity index (χ2v) is 8.03. The van der Waals surface area contributed by atoms with Gasteiger partial charge in [0.15, 0.2) is 0 Å². The summed E-state index contributed by atoms with van der Waals surface area (Å²) in [5.41, 5.74) is 1.54. The van der Waals surface area contributed by atoms with E-state index >= 15 is 0 Å². The lowest BCUT2D eigenvalue weighted by molar-refractivity contribution is 0.0610. The Morgan fingerprint density at radius 2 is 2.05 bits per heavy atom. The highest BCUT2D eigenvalue weighted by molar-refractivity contribution is 7.12. The summed E-state index contributed by atoms with van der Waals surface area (Å²) in [6, 6.07) is 4.22. The van der Waals surface area contributed by atoms with Gasteiger partial charge in [-0.25, -0.2) is 0 Å². The lowest BCUT2D eigenvalue weighted by Crippen LogP contribution is -2.58. The third-order valence-corrected chi connectivity index (χ3v) is 5.74. The largest absolute Gasteiger partial charge is 0.311 e. The predicted octanol–water partition coefficient (Wildman–Crippen LogP) is 4.13. The van der Waals surface area contributed by atoms with Gasteiger partial charge in [-0.1, -0.05) is 20.8 Å². The van der Waals surface area contributed by atoms with Crippen LogP contribution in [0.4, 0.5) is 0 Å². The van der Waals surface area contributed by atoms with Gasteiger partial charge in [-0.05, 0) is 44.7 Å². The standard InChI is InChI=1S/C17H30N2S/c1-7-15-10-19(17(9-18-15)11(2)3)13(5)16-8-12(4)20-14(16)6/h8,11,13,15,17-18H,7,9-10H2,1-6H3. The van der Waals surface area contributed by atoms with E-state index in [-0.39, 0.29) is 0 Å². The summed E-state index contributed by atoms with van der Waals surface area (Å²) < 4.78 is 0. The van der Waals surface area contributed by atoms with Crippen molar-refractivity contribution in [3.05, 3.63) is 21.4 Å². The van der Waals surface area contributed by atoms with E-state index in [1.54, 1.807) is 0 Å². The number of nitrogens with zero attached hydrogens (tertiary/aromatic N) is 1. The first kappa shape index (κ1) is 16.0. The van der Waals surface area contributed by atoms with Crippen molar-refractivity contribution in [1.82, 2.24) is 10.2 Å². The van der Waals surface area contributed by atoms with E-state index in [1.165, 1.54) is 28.3 Å². The molecule has 2 rings (SSSR count). The van der Waals surface area contributed by atoms with Crippen LogP contribution in [0.2, 0.25) is 0 Å². The molecule has 0 bridgehead atoms. The van der Waals surface area contributed by atoms with Crippen LogP contribution in [-0.4, -0.2) is 30.1 Å². The SMILES string of the molecule is CCC1CN(C(C)c2cc(C)sc2C)C(C(C)C)CN1. The molecule has 0 spiro atoms. The Bertz CT molecular complexity index is 438. The second-order valence-electron chi connectivity index (χ2n) is 6.57. The Labute approximate surface area is 128 Å². The van der Waals surface area contributed by atoms with Crippen LogP contribution in [-0.2, 0) is 0 Å². The van der Waals surface area contributed by atoms with Crippen LogP contribution < -0.4 is 5.32 Å². The van der Waals surface area contributed by atoms with Crippen molar-refractivity contribution in [2.24, 2.45) is 5.92 Å². The zero-order valence-corrected chi connectivity index (χ0v) is 14.7. The average Bonchev–Trinajstić information content (AvgIpc) is 2.76. The van der Waals surface area contributed by atoms with E-state index in [9.17, 15) is 0 Å². The van der Waals surface area contributed by atoms with E-state index in [2.05, 4.69) is 57.8 Å². The van der Waals surface area contributed by atoms with Crippen LogP contribution in [0, 0.1) is 19.8 Å². The van der Waals surface area contributed by atoms with E-state index in [4.69, 9.17) is 0 Å². The third-order valence-electron chi connectivity index (χ3n) is 4.76. The van der Waals surface area contributed by atoms with Gasteiger partial charge in [-0.2, -0.15) is 0 Å². The normalized spacial score (nSPS) is 26.1. The molecule has 2 nitrogen and oxygen atoms in total. The molecule has 1 saturated heterocycles. The van der Waals surface area contributed by atoms with Crippen molar-refractivity contribution < 1.29 is 0 Å². The Balaban J connectivity index is 2.23. The average molecular weight is 295 g/mol. The number of hydrogen-bond acceptors (Lipinski definition) is 3. The quantitative estimate of drug-likeness (QED) is 0.898. The maximum atomic E-state index is 3.72. The minimum atomic E-state index is 0.531. The smallest absolute Gasteiger partial charge is 0.0335 e. The van der Waals surface area contributed by atoms with Crippen molar-refractivity contribution in [2.45, 2.75) is 66.1 Å². The first-order chi connectivity index (χ1) is 9.43. The number of rotatable bonds is 4. The first-order valence-corrected chi connectivity index (χ1v) is 8.81. The molecule has 0 amide bonds. The Hall–Kier alpha value is -0.380. The van der Waals surface area contributed by atoms with Crippen molar-refractivity contribution in [2.75, 3.05) is 13.1 Å². The molecule has 114 valence electrons. The summed E-state index contributed by atoms with van der Waals surface area (Å²) in [5.74, 6) is 0.697. The molecule has 1 fully saturated rings. The van der Waals surface area contributed by atoms with E-state index in [1.807, 2.05) is 11.3 Å². The topological polar surface area (TPSA) is 15.3 Å². The van der Waals surface area contributed by atoms with E-state index in [0.29, 0.717) is 24.0 Å². The molecule has 0 saturated carbocycles. The number of aryl methyl sites for hydroxylation is 2. The van der Waals surface area contributed by atoms with Crippen LogP contribution in [0.5, 0.6) is 0 Å². The minimum absolute atomic E-state index is 0.531. The van der Waals surface area contributed by atoms with Gasteiger partial charge in [-0.15, -0.1) is 11.3 Å². The van der Waals surface area contributed by atoms with Crippen molar-refractivity contribution in [1.29, 1.82) is 0 Å². The monoisotopic (exact) mass is 294 g/mol. The lowest BCUT2D eigenvalue weighted by Gasteiger charge is -2.45. The molecule has 20 heavy (non-hydrogen) atoms. The molecule has 3 atom stereocenters. The zero-order valence-electron chi connectivity index (χ0n) is 13.9. The van der Waals surface area contributed by atoms with Gasteiger partial charge < -0.3 is 5.32 Å². The maximum absolute atomic E-state index is 3.72. The van der Waals surface area contributed by atoms with Crippen LogP contribution in [0.3, 0.4) is 0 Å². The predicted molar refractivity (Wildman–Crippen MR) is 89.6 cm³/mol.